The molecule has 0 aliphatic carbocycles. The number of hydrogen-bond donors (Lipinski definition) is 2. The van der Waals surface area contributed by atoms with Crippen molar-refractivity contribution in [1.82, 2.24) is 15.1 Å². The number of aromatic nitrogens is 2. The topological polar surface area (TPSA) is 95.2 Å². The first-order valence-electron chi connectivity index (χ1n) is 5.74. The number of nitrogens with zero attached hydrogens (tertiary/aromatic N) is 2. The number of aromatic amines is 1. The Hall–Kier alpha value is -2.35. The summed E-state index contributed by atoms with van der Waals surface area (Å²) in [6, 6.07) is 6.43. The number of H-pyrrole nitrogens is 1. The fourth-order valence-corrected chi connectivity index (χ4v) is 2.57. The third-order valence-electron chi connectivity index (χ3n) is 2.59. The van der Waals surface area contributed by atoms with Crippen molar-refractivity contribution in [2.75, 3.05) is 18.8 Å². The standard InChI is InChI=1S/C12H14N4O3S/c1-16(2)12(17)10-5-3-4-6-11(10)15-20(18,19)9-7-13-14-8-9/h3-8,15H,1-2H3,(H,13,14). The Labute approximate surface area is 116 Å². The van der Waals surface area contributed by atoms with Crippen LogP contribution in [0.25, 0.3) is 0 Å². The molecule has 1 heterocycles. The minimum atomic E-state index is -3.77. The summed E-state index contributed by atoms with van der Waals surface area (Å²) >= 11 is 0. The fraction of sp³-hybridized carbons (Fsp3) is 0.167. The molecular weight excluding hydrogens is 280 g/mol. The van der Waals surface area contributed by atoms with E-state index in [0.29, 0.717) is 0 Å². The van der Waals surface area contributed by atoms with E-state index in [-0.39, 0.29) is 22.1 Å². The maximum Gasteiger partial charge on any atom is 0.265 e. The van der Waals surface area contributed by atoms with Gasteiger partial charge in [0.05, 0.1) is 17.4 Å². The van der Waals surface area contributed by atoms with Gasteiger partial charge >= 0.3 is 0 Å². The highest BCUT2D eigenvalue weighted by atomic mass is 32.2. The molecule has 8 heteroatoms. The van der Waals surface area contributed by atoms with Crippen LogP contribution in [0.4, 0.5) is 5.69 Å². The van der Waals surface area contributed by atoms with Crippen molar-refractivity contribution in [1.29, 1.82) is 0 Å². The molecule has 0 aliphatic heterocycles. The molecule has 0 bridgehead atoms. The van der Waals surface area contributed by atoms with Gasteiger partial charge < -0.3 is 4.90 Å². The molecule has 0 fully saturated rings. The number of sulfonamides is 1. The second kappa shape index (κ2) is 5.33. The van der Waals surface area contributed by atoms with Crippen LogP contribution in [-0.2, 0) is 10.0 Å². The smallest absolute Gasteiger partial charge is 0.265 e. The summed E-state index contributed by atoms with van der Waals surface area (Å²) < 4.78 is 26.6. The van der Waals surface area contributed by atoms with Gasteiger partial charge in [-0.05, 0) is 12.1 Å². The van der Waals surface area contributed by atoms with Crippen LogP contribution in [0.5, 0.6) is 0 Å². The largest absolute Gasteiger partial charge is 0.345 e. The van der Waals surface area contributed by atoms with Gasteiger partial charge in [-0.25, -0.2) is 8.42 Å². The minimum Gasteiger partial charge on any atom is -0.345 e. The summed E-state index contributed by atoms with van der Waals surface area (Å²) in [7, 11) is -0.564. The second-order valence-electron chi connectivity index (χ2n) is 4.28. The quantitative estimate of drug-likeness (QED) is 0.876. The molecule has 0 atom stereocenters. The normalized spacial score (nSPS) is 11.1. The number of para-hydroxylation sites is 1. The summed E-state index contributed by atoms with van der Waals surface area (Å²) in [5, 5.41) is 6.03. The highest BCUT2D eigenvalue weighted by molar-refractivity contribution is 7.92. The first-order valence-corrected chi connectivity index (χ1v) is 7.22. The van der Waals surface area contributed by atoms with E-state index in [1.54, 1.807) is 32.3 Å². The molecule has 0 spiro atoms. The number of rotatable bonds is 4. The van der Waals surface area contributed by atoms with Crippen molar-refractivity contribution in [3.05, 3.63) is 42.2 Å². The van der Waals surface area contributed by atoms with Crippen LogP contribution in [0, 0.1) is 0 Å². The predicted molar refractivity (Wildman–Crippen MR) is 73.9 cm³/mol. The molecule has 0 unspecified atom stereocenters. The van der Waals surface area contributed by atoms with Gasteiger partial charge in [-0.1, -0.05) is 12.1 Å². The number of benzene rings is 1. The SMILES string of the molecule is CN(C)C(=O)c1ccccc1NS(=O)(=O)c1cn[nH]c1. The Balaban J connectivity index is 2.38. The molecule has 2 rings (SSSR count). The third-order valence-corrected chi connectivity index (χ3v) is 3.92. The van der Waals surface area contributed by atoms with Crippen molar-refractivity contribution < 1.29 is 13.2 Å². The van der Waals surface area contributed by atoms with Gasteiger partial charge in [-0.3, -0.25) is 14.6 Å². The lowest BCUT2D eigenvalue weighted by Gasteiger charge is -2.14. The molecule has 106 valence electrons. The summed E-state index contributed by atoms with van der Waals surface area (Å²) in [4.78, 5) is 13.4. The van der Waals surface area contributed by atoms with Crippen LogP contribution in [0.3, 0.4) is 0 Å². The number of amides is 1. The van der Waals surface area contributed by atoms with Crippen LogP contribution >= 0.6 is 0 Å². The maximum absolute atomic E-state index is 12.1. The van der Waals surface area contributed by atoms with Crippen LogP contribution in [-0.4, -0.2) is 43.5 Å². The van der Waals surface area contributed by atoms with Crippen molar-refractivity contribution in [3.8, 4) is 0 Å². The second-order valence-corrected chi connectivity index (χ2v) is 5.97. The Morgan fingerprint density at radius 2 is 2.00 bits per heavy atom. The van der Waals surface area contributed by atoms with Crippen molar-refractivity contribution in [2.24, 2.45) is 0 Å². The van der Waals surface area contributed by atoms with E-state index in [2.05, 4.69) is 14.9 Å². The molecule has 0 saturated carbocycles. The zero-order chi connectivity index (χ0) is 14.8. The van der Waals surface area contributed by atoms with Gasteiger partial charge in [-0.15, -0.1) is 0 Å². The van der Waals surface area contributed by atoms with E-state index in [0.717, 1.165) is 0 Å². The minimum absolute atomic E-state index is 0.00426. The number of anilines is 1. The Kier molecular flexibility index (Phi) is 3.75. The number of carbonyl (C=O) groups is 1. The number of carbonyl (C=O) groups excluding carboxylic acids is 1. The predicted octanol–water partition coefficient (Wildman–Crippen LogP) is 0.912. The average molecular weight is 294 g/mol. The summed E-state index contributed by atoms with van der Waals surface area (Å²) in [5.74, 6) is -0.282. The van der Waals surface area contributed by atoms with Crippen LogP contribution in [0.15, 0.2) is 41.6 Å². The third kappa shape index (κ3) is 2.80. The lowest BCUT2D eigenvalue weighted by atomic mass is 10.1. The lowest BCUT2D eigenvalue weighted by Crippen LogP contribution is -2.24. The van der Waals surface area contributed by atoms with Gasteiger partial charge in [0.2, 0.25) is 0 Å². The first-order chi connectivity index (χ1) is 9.42. The molecule has 1 aromatic carbocycles. The van der Waals surface area contributed by atoms with Gasteiger partial charge in [0.25, 0.3) is 15.9 Å². The first kappa shape index (κ1) is 14.1. The average Bonchev–Trinajstić information content (AvgIpc) is 2.92. The molecule has 0 radical (unpaired) electrons. The van der Waals surface area contributed by atoms with Gasteiger partial charge in [0.15, 0.2) is 0 Å². The molecule has 2 N–H and O–H groups in total. The molecular formula is C12H14N4O3S. The van der Waals surface area contributed by atoms with Gasteiger partial charge in [-0.2, -0.15) is 5.10 Å². The highest BCUT2D eigenvalue weighted by Crippen LogP contribution is 2.20. The number of nitrogens with one attached hydrogen (secondary N) is 2. The Bertz CT molecular complexity index is 708. The highest BCUT2D eigenvalue weighted by Gasteiger charge is 2.19. The van der Waals surface area contributed by atoms with E-state index in [9.17, 15) is 13.2 Å². The van der Waals surface area contributed by atoms with E-state index < -0.39 is 10.0 Å². The molecule has 0 saturated heterocycles. The van der Waals surface area contributed by atoms with Gasteiger partial charge in [0.1, 0.15) is 4.90 Å². The zero-order valence-corrected chi connectivity index (χ0v) is 11.8. The fourth-order valence-electron chi connectivity index (χ4n) is 1.59. The molecule has 7 nitrogen and oxygen atoms in total. The molecule has 1 aromatic heterocycles. The monoisotopic (exact) mass is 294 g/mol. The van der Waals surface area contributed by atoms with Gasteiger partial charge in [0, 0.05) is 20.3 Å². The molecule has 20 heavy (non-hydrogen) atoms. The zero-order valence-electron chi connectivity index (χ0n) is 11.0. The van der Waals surface area contributed by atoms with Crippen LogP contribution in [0.2, 0.25) is 0 Å². The van der Waals surface area contributed by atoms with E-state index in [1.165, 1.54) is 23.4 Å². The van der Waals surface area contributed by atoms with E-state index in [4.69, 9.17) is 0 Å². The molecule has 0 aliphatic rings. The number of hydrogen-bond acceptors (Lipinski definition) is 4. The van der Waals surface area contributed by atoms with Crippen LogP contribution in [0.1, 0.15) is 10.4 Å². The summed E-state index contributed by atoms with van der Waals surface area (Å²) in [6.45, 7) is 0. The van der Waals surface area contributed by atoms with Crippen molar-refractivity contribution in [3.63, 3.8) is 0 Å². The van der Waals surface area contributed by atoms with Crippen LogP contribution < -0.4 is 4.72 Å². The molecule has 2 aromatic rings. The Morgan fingerprint density at radius 1 is 1.30 bits per heavy atom. The Morgan fingerprint density at radius 3 is 2.60 bits per heavy atom. The van der Waals surface area contributed by atoms with E-state index >= 15 is 0 Å². The van der Waals surface area contributed by atoms with Crippen molar-refractivity contribution >= 4 is 21.6 Å². The van der Waals surface area contributed by atoms with Crippen molar-refractivity contribution in [2.45, 2.75) is 4.90 Å². The summed E-state index contributed by atoms with van der Waals surface area (Å²) in [5.41, 5.74) is 0.511. The lowest BCUT2D eigenvalue weighted by molar-refractivity contribution is 0.0828. The maximum atomic E-state index is 12.1. The van der Waals surface area contributed by atoms with E-state index in [1.807, 2.05) is 0 Å². The molecule has 1 amide bonds. The summed E-state index contributed by atoms with van der Waals surface area (Å²) in [6.07, 6.45) is 2.46.